The molecule has 1 amide bonds. The minimum absolute atomic E-state index is 0.0683. The summed E-state index contributed by atoms with van der Waals surface area (Å²) >= 11 is 0. The van der Waals surface area contributed by atoms with Crippen molar-refractivity contribution < 1.29 is 24.5 Å². The fourth-order valence-corrected chi connectivity index (χ4v) is 1.04. The highest BCUT2D eigenvalue weighted by Gasteiger charge is 2.32. The largest absolute Gasteiger partial charge is 0.480 e. The molecule has 0 spiro atoms. The van der Waals surface area contributed by atoms with E-state index >= 15 is 0 Å². The van der Waals surface area contributed by atoms with Crippen LogP contribution in [0, 0.1) is 5.41 Å². The molecule has 0 saturated carbocycles. The lowest BCUT2D eigenvalue weighted by Crippen LogP contribution is -2.49. The van der Waals surface area contributed by atoms with Crippen LogP contribution in [0.4, 0.5) is 4.79 Å². The predicted molar refractivity (Wildman–Crippen MR) is 57.1 cm³/mol. The van der Waals surface area contributed by atoms with Gasteiger partial charge >= 0.3 is 12.1 Å². The van der Waals surface area contributed by atoms with E-state index in [1.54, 1.807) is 20.8 Å². The lowest BCUT2D eigenvalue weighted by Gasteiger charge is -2.27. The Kier molecular flexibility index (Phi) is 5.81. The van der Waals surface area contributed by atoms with Gasteiger partial charge in [0.05, 0.1) is 6.61 Å². The Balaban J connectivity index is 4.21. The van der Waals surface area contributed by atoms with Crippen LogP contribution in [-0.2, 0) is 9.53 Å². The van der Waals surface area contributed by atoms with E-state index in [1.807, 2.05) is 0 Å². The molecule has 1 atom stereocenters. The molecule has 0 saturated heterocycles. The molecule has 0 aromatic carbocycles. The maximum Gasteiger partial charge on any atom is 0.407 e. The summed E-state index contributed by atoms with van der Waals surface area (Å²) in [6.07, 6.45) is -0.448. The number of hydrogen-bond donors (Lipinski definition) is 3. The molecule has 0 aliphatic heterocycles. The average Bonchev–Trinajstić information content (AvgIpc) is 2.12. The molecule has 0 aromatic heterocycles. The number of carboxylic acids is 1. The van der Waals surface area contributed by atoms with E-state index in [9.17, 15) is 9.59 Å². The average molecular weight is 233 g/mol. The molecular weight excluding hydrogens is 214 g/mol. The number of aliphatic hydroxyl groups excluding tert-OH is 1. The highest BCUT2D eigenvalue weighted by atomic mass is 16.5. The molecule has 0 aliphatic carbocycles. The zero-order valence-corrected chi connectivity index (χ0v) is 9.82. The highest BCUT2D eigenvalue weighted by Crippen LogP contribution is 2.19. The number of ether oxygens (including phenoxy) is 1. The fourth-order valence-electron chi connectivity index (χ4n) is 1.04. The molecule has 0 aliphatic rings. The van der Waals surface area contributed by atoms with Crippen LogP contribution in [0.25, 0.3) is 0 Å². The Hall–Kier alpha value is -1.30. The molecule has 3 N–H and O–H groups in total. The van der Waals surface area contributed by atoms with Gasteiger partial charge in [-0.1, -0.05) is 20.8 Å². The summed E-state index contributed by atoms with van der Waals surface area (Å²) in [5.74, 6) is -1.10. The first kappa shape index (κ1) is 14.7. The fraction of sp³-hybridized carbons (Fsp3) is 0.800. The van der Waals surface area contributed by atoms with Crippen molar-refractivity contribution in [3.8, 4) is 0 Å². The summed E-state index contributed by atoms with van der Waals surface area (Å²) in [4.78, 5) is 22.1. The van der Waals surface area contributed by atoms with E-state index in [1.165, 1.54) is 0 Å². The molecule has 0 rings (SSSR count). The SMILES string of the molecule is CC(C)(C)[C@H](NC(=O)OCCCO)C(=O)O. The van der Waals surface area contributed by atoms with Gasteiger partial charge in [0.25, 0.3) is 0 Å². The molecule has 0 heterocycles. The third kappa shape index (κ3) is 5.55. The van der Waals surface area contributed by atoms with Crippen molar-refractivity contribution in [1.82, 2.24) is 5.32 Å². The lowest BCUT2D eigenvalue weighted by atomic mass is 9.87. The molecule has 6 heteroatoms. The quantitative estimate of drug-likeness (QED) is 0.604. The number of carbonyl (C=O) groups excluding carboxylic acids is 1. The van der Waals surface area contributed by atoms with Crippen LogP contribution in [0.2, 0.25) is 0 Å². The van der Waals surface area contributed by atoms with Gasteiger partial charge in [-0.05, 0) is 5.41 Å². The zero-order chi connectivity index (χ0) is 12.8. The second-order valence-corrected chi connectivity index (χ2v) is 4.49. The predicted octanol–water partition coefficient (Wildman–Crippen LogP) is 0.594. The first-order valence-electron chi connectivity index (χ1n) is 5.06. The van der Waals surface area contributed by atoms with Gasteiger partial charge in [-0.3, -0.25) is 0 Å². The molecule has 6 nitrogen and oxygen atoms in total. The number of carbonyl (C=O) groups is 2. The van der Waals surface area contributed by atoms with Crippen molar-refractivity contribution in [2.24, 2.45) is 5.41 Å². The highest BCUT2D eigenvalue weighted by molar-refractivity contribution is 5.80. The molecule has 94 valence electrons. The number of aliphatic hydroxyl groups is 1. The van der Waals surface area contributed by atoms with Crippen LogP contribution in [0.15, 0.2) is 0 Å². The molecule has 0 aromatic rings. The van der Waals surface area contributed by atoms with E-state index in [4.69, 9.17) is 10.2 Å². The minimum Gasteiger partial charge on any atom is -0.480 e. The van der Waals surface area contributed by atoms with E-state index in [-0.39, 0.29) is 13.2 Å². The van der Waals surface area contributed by atoms with Gasteiger partial charge in [-0.25, -0.2) is 9.59 Å². The van der Waals surface area contributed by atoms with Gasteiger partial charge in [0.1, 0.15) is 6.04 Å². The Morgan fingerprint density at radius 3 is 2.31 bits per heavy atom. The van der Waals surface area contributed by atoms with Gasteiger partial charge in [0.15, 0.2) is 0 Å². The zero-order valence-electron chi connectivity index (χ0n) is 9.82. The number of rotatable bonds is 5. The van der Waals surface area contributed by atoms with Crippen LogP contribution in [-0.4, -0.2) is 41.5 Å². The minimum atomic E-state index is -1.10. The van der Waals surface area contributed by atoms with E-state index in [0.717, 1.165) is 0 Å². The lowest BCUT2D eigenvalue weighted by molar-refractivity contribution is -0.142. The van der Waals surface area contributed by atoms with Crippen molar-refractivity contribution in [3.05, 3.63) is 0 Å². The van der Waals surface area contributed by atoms with Crippen molar-refractivity contribution in [1.29, 1.82) is 0 Å². The molecule has 16 heavy (non-hydrogen) atoms. The number of carboxylic acid groups (broad SMARTS) is 1. The van der Waals surface area contributed by atoms with Crippen LogP contribution in [0.3, 0.4) is 0 Å². The molecule has 0 radical (unpaired) electrons. The number of alkyl carbamates (subject to hydrolysis) is 1. The van der Waals surface area contributed by atoms with Gasteiger partial charge in [-0.15, -0.1) is 0 Å². The second kappa shape index (κ2) is 6.32. The summed E-state index contributed by atoms with van der Waals surface area (Å²) < 4.78 is 4.68. The first-order chi connectivity index (χ1) is 7.29. The van der Waals surface area contributed by atoms with Crippen molar-refractivity contribution in [2.75, 3.05) is 13.2 Å². The standard InChI is InChI=1S/C10H19NO5/c1-10(2,3)7(8(13)14)11-9(15)16-6-4-5-12/h7,12H,4-6H2,1-3H3,(H,11,15)(H,13,14)/t7-/m1/s1. The number of nitrogens with one attached hydrogen (secondary N) is 1. The van der Waals surface area contributed by atoms with Crippen molar-refractivity contribution in [3.63, 3.8) is 0 Å². The second-order valence-electron chi connectivity index (χ2n) is 4.49. The van der Waals surface area contributed by atoms with Crippen LogP contribution >= 0.6 is 0 Å². The number of hydrogen-bond acceptors (Lipinski definition) is 4. The van der Waals surface area contributed by atoms with Crippen LogP contribution in [0.1, 0.15) is 27.2 Å². The van der Waals surface area contributed by atoms with E-state index < -0.39 is 23.5 Å². The maximum atomic E-state index is 11.2. The Bertz CT molecular complexity index is 246. The molecule has 0 bridgehead atoms. The maximum absolute atomic E-state index is 11.2. The third-order valence-electron chi connectivity index (χ3n) is 1.91. The normalized spacial score (nSPS) is 13.0. The Morgan fingerprint density at radius 2 is 1.94 bits per heavy atom. The molecule has 0 unspecified atom stereocenters. The van der Waals surface area contributed by atoms with E-state index in [0.29, 0.717) is 6.42 Å². The summed E-state index contributed by atoms with van der Waals surface area (Å²) in [5.41, 5.74) is -0.595. The summed E-state index contributed by atoms with van der Waals surface area (Å²) in [7, 11) is 0. The van der Waals surface area contributed by atoms with Crippen LogP contribution < -0.4 is 5.32 Å². The summed E-state index contributed by atoms with van der Waals surface area (Å²) in [6, 6.07) is -1.01. The van der Waals surface area contributed by atoms with Gasteiger partial charge in [0.2, 0.25) is 0 Å². The topological polar surface area (TPSA) is 95.9 Å². The van der Waals surface area contributed by atoms with Crippen molar-refractivity contribution in [2.45, 2.75) is 33.2 Å². The monoisotopic (exact) mass is 233 g/mol. The van der Waals surface area contributed by atoms with Gasteiger partial charge < -0.3 is 20.3 Å². The smallest absolute Gasteiger partial charge is 0.407 e. The van der Waals surface area contributed by atoms with Crippen LogP contribution in [0.5, 0.6) is 0 Å². The van der Waals surface area contributed by atoms with Crippen molar-refractivity contribution >= 4 is 12.1 Å². The molecular formula is C10H19NO5. The van der Waals surface area contributed by atoms with Gasteiger partial charge in [-0.2, -0.15) is 0 Å². The number of amides is 1. The first-order valence-corrected chi connectivity index (χ1v) is 5.06. The Morgan fingerprint density at radius 1 is 1.38 bits per heavy atom. The summed E-state index contributed by atoms with van der Waals surface area (Å²) in [5, 5.41) is 19.7. The summed E-state index contributed by atoms with van der Waals surface area (Å²) in [6.45, 7) is 5.12. The van der Waals surface area contributed by atoms with Gasteiger partial charge in [0, 0.05) is 13.0 Å². The third-order valence-corrected chi connectivity index (χ3v) is 1.91. The Labute approximate surface area is 94.6 Å². The number of aliphatic carboxylic acids is 1. The van der Waals surface area contributed by atoms with E-state index in [2.05, 4.69) is 10.1 Å². The molecule has 0 fully saturated rings.